The van der Waals surface area contributed by atoms with E-state index in [4.69, 9.17) is 34.8 Å². The third-order valence-corrected chi connectivity index (χ3v) is 1.61. The van der Waals surface area contributed by atoms with Gasteiger partial charge in [-0.25, -0.2) is 14.6 Å². The van der Waals surface area contributed by atoms with Gasteiger partial charge < -0.3 is 4.74 Å². The van der Waals surface area contributed by atoms with Gasteiger partial charge in [-0.15, -0.1) is 0 Å². The van der Waals surface area contributed by atoms with Gasteiger partial charge in [0, 0.05) is 6.20 Å². The van der Waals surface area contributed by atoms with Gasteiger partial charge in [-0.2, -0.15) is 0 Å². The van der Waals surface area contributed by atoms with Gasteiger partial charge >= 0.3 is 11.8 Å². The highest BCUT2D eigenvalue weighted by Crippen LogP contribution is 2.25. The molecule has 1 aromatic heterocycles. The van der Waals surface area contributed by atoms with Gasteiger partial charge in [0.1, 0.15) is 12.4 Å². The number of carbonyl (C=O) groups is 1. The summed E-state index contributed by atoms with van der Waals surface area (Å²) in [7, 11) is 0. The molecule has 0 bridgehead atoms. The van der Waals surface area contributed by atoms with E-state index < -0.39 is 22.2 Å². The van der Waals surface area contributed by atoms with Gasteiger partial charge in [0.25, 0.3) is 0 Å². The lowest BCUT2D eigenvalue weighted by Crippen LogP contribution is -2.23. The largest absolute Gasteiger partial charge is 0.445 e. The van der Waals surface area contributed by atoms with Crippen LogP contribution in [0.15, 0.2) is 17.1 Å². The Morgan fingerprint density at radius 1 is 1.56 bits per heavy atom. The van der Waals surface area contributed by atoms with E-state index in [1.54, 1.807) is 0 Å². The summed E-state index contributed by atoms with van der Waals surface area (Å²) in [5.74, 6) is 0.134. The average Bonchev–Trinajstić information content (AvgIpc) is 2.14. The molecule has 1 aromatic rings. The zero-order valence-electron chi connectivity index (χ0n) is 7.67. The fourth-order valence-electron chi connectivity index (χ4n) is 0.735. The van der Waals surface area contributed by atoms with Crippen molar-refractivity contribution in [2.75, 3.05) is 11.9 Å². The standard InChI is InChI=1S/C7H6Cl3N3O3/c8-7(9,10)3-16-6(15)13-4-1-2-11-5(14)12-4/h1-2H,3H2,(H2,11,12,13,14,15). The molecule has 0 atom stereocenters. The Labute approximate surface area is 105 Å². The molecule has 0 fully saturated rings. The molecule has 1 heterocycles. The lowest BCUT2D eigenvalue weighted by atomic mass is 10.6. The number of nitrogens with zero attached hydrogens (tertiary/aromatic N) is 1. The first kappa shape index (κ1) is 13.1. The molecule has 6 nitrogen and oxygen atoms in total. The second-order valence-electron chi connectivity index (χ2n) is 2.60. The van der Waals surface area contributed by atoms with E-state index in [0.717, 1.165) is 0 Å². The molecule has 2 N–H and O–H groups in total. The van der Waals surface area contributed by atoms with Crippen LogP contribution in [0.3, 0.4) is 0 Å². The van der Waals surface area contributed by atoms with Crippen LogP contribution >= 0.6 is 34.8 Å². The summed E-state index contributed by atoms with van der Waals surface area (Å²) in [6.07, 6.45) is 0.372. The Morgan fingerprint density at radius 3 is 2.81 bits per heavy atom. The number of aromatic nitrogens is 2. The zero-order valence-corrected chi connectivity index (χ0v) is 9.94. The minimum atomic E-state index is -1.68. The summed E-state index contributed by atoms with van der Waals surface area (Å²) in [5, 5.41) is 2.22. The van der Waals surface area contributed by atoms with Gasteiger partial charge in [0.15, 0.2) is 0 Å². The van der Waals surface area contributed by atoms with Crippen molar-refractivity contribution < 1.29 is 9.53 Å². The van der Waals surface area contributed by atoms with Crippen molar-refractivity contribution in [2.24, 2.45) is 0 Å². The molecule has 9 heteroatoms. The highest BCUT2D eigenvalue weighted by Gasteiger charge is 2.22. The second kappa shape index (κ2) is 5.38. The normalized spacial score (nSPS) is 10.9. The number of rotatable bonds is 2. The number of anilines is 1. The van der Waals surface area contributed by atoms with E-state index in [0.29, 0.717) is 0 Å². The third kappa shape index (κ3) is 5.20. The SMILES string of the molecule is O=C(Nc1ccnc(=O)[nH]1)OCC(Cl)(Cl)Cl. The number of halogens is 3. The Hall–Kier alpha value is -0.980. The number of amides is 1. The minimum absolute atomic E-state index is 0.134. The van der Waals surface area contributed by atoms with Crippen molar-refractivity contribution >= 4 is 46.7 Å². The first-order chi connectivity index (χ1) is 7.37. The molecule has 0 spiro atoms. The maximum absolute atomic E-state index is 11.1. The third-order valence-electron chi connectivity index (χ3n) is 1.28. The van der Waals surface area contributed by atoms with Crippen LogP contribution in [0.4, 0.5) is 10.6 Å². The topological polar surface area (TPSA) is 84.1 Å². The predicted octanol–water partition coefficient (Wildman–Crippen LogP) is 1.69. The van der Waals surface area contributed by atoms with Crippen LogP contribution in [0, 0.1) is 0 Å². The Morgan fingerprint density at radius 2 is 2.25 bits per heavy atom. The van der Waals surface area contributed by atoms with Crippen molar-refractivity contribution in [3.05, 3.63) is 22.7 Å². The summed E-state index contributed by atoms with van der Waals surface area (Å²) < 4.78 is 2.88. The van der Waals surface area contributed by atoms with E-state index >= 15 is 0 Å². The van der Waals surface area contributed by atoms with E-state index in [2.05, 4.69) is 20.0 Å². The Bertz CT molecular complexity index is 429. The van der Waals surface area contributed by atoms with E-state index in [9.17, 15) is 9.59 Å². The lowest BCUT2D eigenvalue weighted by Gasteiger charge is -2.11. The summed E-state index contributed by atoms with van der Waals surface area (Å²) >= 11 is 16.1. The fourth-order valence-corrected chi connectivity index (χ4v) is 0.899. The highest BCUT2D eigenvalue weighted by atomic mass is 35.6. The number of ether oxygens (including phenoxy) is 1. The molecule has 1 rings (SSSR count). The number of alkyl halides is 3. The van der Waals surface area contributed by atoms with Gasteiger partial charge in [0.05, 0.1) is 0 Å². The van der Waals surface area contributed by atoms with E-state index in [-0.39, 0.29) is 5.82 Å². The molecular weight excluding hydrogens is 280 g/mol. The quantitative estimate of drug-likeness (QED) is 0.810. The molecule has 0 aliphatic rings. The molecule has 0 aliphatic heterocycles. The number of nitrogens with one attached hydrogen (secondary N) is 2. The fraction of sp³-hybridized carbons (Fsp3) is 0.286. The van der Waals surface area contributed by atoms with Gasteiger partial charge in [-0.1, -0.05) is 34.8 Å². The van der Waals surface area contributed by atoms with Crippen molar-refractivity contribution in [1.29, 1.82) is 0 Å². The summed E-state index contributed by atoms with van der Waals surface area (Å²) in [5.41, 5.74) is -0.598. The number of hydrogen-bond acceptors (Lipinski definition) is 4. The van der Waals surface area contributed by atoms with Crippen molar-refractivity contribution in [3.63, 3.8) is 0 Å². The second-order valence-corrected chi connectivity index (χ2v) is 5.12. The molecule has 0 saturated carbocycles. The highest BCUT2D eigenvalue weighted by molar-refractivity contribution is 6.67. The molecule has 0 radical (unpaired) electrons. The maximum Gasteiger partial charge on any atom is 0.412 e. The van der Waals surface area contributed by atoms with Crippen LogP contribution in [0.25, 0.3) is 0 Å². The smallest absolute Gasteiger partial charge is 0.412 e. The van der Waals surface area contributed by atoms with Gasteiger partial charge in [-0.05, 0) is 6.07 Å². The molecule has 0 aliphatic carbocycles. The van der Waals surface area contributed by atoms with Gasteiger partial charge in [0.2, 0.25) is 3.79 Å². The van der Waals surface area contributed by atoms with Crippen molar-refractivity contribution in [3.8, 4) is 0 Å². The van der Waals surface area contributed by atoms with Crippen LogP contribution in [0.5, 0.6) is 0 Å². The Kier molecular flexibility index (Phi) is 4.40. The van der Waals surface area contributed by atoms with Crippen LogP contribution in [0.2, 0.25) is 0 Å². The summed E-state index contributed by atoms with van der Waals surface area (Å²) in [6, 6.07) is 1.37. The van der Waals surface area contributed by atoms with Crippen LogP contribution < -0.4 is 11.0 Å². The molecule has 16 heavy (non-hydrogen) atoms. The van der Waals surface area contributed by atoms with Crippen LogP contribution in [-0.2, 0) is 4.74 Å². The number of carbonyl (C=O) groups excluding carboxylic acids is 1. The number of hydrogen-bond donors (Lipinski definition) is 2. The van der Waals surface area contributed by atoms with E-state index in [1.165, 1.54) is 12.3 Å². The summed E-state index contributed by atoms with van der Waals surface area (Å²) in [6.45, 7) is -0.404. The molecule has 0 saturated heterocycles. The zero-order chi connectivity index (χ0) is 12.2. The number of H-pyrrole nitrogens is 1. The maximum atomic E-state index is 11.1. The van der Waals surface area contributed by atoms with E-state index in [1.807, 2.05) is 0 Å². The molecule has 0 aromatic carbocycles. The minimum Gasteiger partial charge on any atom is -0.445 e. The van der Waals surface area contributed by atoms with Crippen LogP contribution in [-0.4, -0.2) is 26.5 Å². The summed E-state index contributed by atoms with van der Waals surface area (Å²) in [4.78, 5) is 27.5. The monoisotopic (exact) mass is 285 g/mol. The first-order valence-electron chi connectivity index (χ1n) is 3.93. The average molecular weight is 287 g/mol. The Balaban J connectivity index is 2.49. The molecule has 0 unspecified atom stereocenters. The predicted molar refractivity (Wildman–Crippen MR) is 60.1 cm³/mol. The first-order valence-corrected chi connectivity index (χ1v) is 5.06. The number of aromatic amines is 1. The lowest BCUT2D eigenvalue weighted by molar-refractivity contribution is 0.164. The van der Waals surface area contributed by atoms with Gasteiger partial charge in [-0.3, -0.25) is 10.3 Å². The molecule has 1 amide bonds. The molecular formula is C7H6Cl3N3O3. The van der Waals surface area contributed by atoms with Crippen molar-refractivity contribution in [2.45, 2.75) is 3.79 Å². The van der Waals surface area contributed by atoms with Crippen LogP contribution in [0.1, 0.15) is 0 Å². The van der Waals surface area contributed by atoms with Crippen molar-refractivity contribution in [1.82, 2.24) is 9.97 Å². The molecule has 88 valence electrons.